The Morgan fingerprint density at radius 2 is 1.65 bits per heavy atom. The molecule has 1 aromatic carbocycles. The lowest BCUT2D eigenvalue weighted by Crippen LogP contribution is -2.38. The Kier molecular flexibility index (Phi) is 5.84. The number of hydrogen-bond donors (Lipinski definition) is 0. The smallest absolute Gasteiger partial charge is 0.233 e. The lowest BCUT2D eigenvalue weighted by molar-refractivity contribution is -0.133. The Labute approximate surface area is 156 Å². The molecule has 0 radical (unpaired) electrons. The molecule has 2 unspecified atom stereocenters. The zero-order valence-corrected chi connectivity index (χ0v) is 15.7. The molecule has 0 aromatic heterocycles. The van der Waals surface area contributed by atoms with Crippen LogP contribution in [-0.2, 0) is 4.79 Å². The minimum atomic E-state index is -0.452. The zero-order valence-electron chi connectivity index (χ0n) is 12.6. The number of likely N-dealkylation sites (tertiary alicyclic amines) is 1. The van der Waals surface area contributed by atoms with Crippen molar-refractivity contribution in [3.63, 3.8) is 0 Å². The van der Waals surface area contributed by atoms with Crippen molar-refractivity contribution in [2.75, 3.05) is 13.1 Å². The summed E-state index contributed by atoms with van der Waals surface area (Å²) in [5.74, 6) is -0.388. The van der Waals surface area contributed by atoms with Crippen molar-refractivity contribution >= 4 is 57.4 Å². The molecule has 2 aliphatic heterocycles. The third-order valence-corrected chi connectivity index (χ3v) is 6.77. The molecule has 1 amide bonds. The van der Waals surface area contributed by atoms with Gasteiger partial charge in [0.1, 0.15) is 10.6 Å². The van der Waals surface area contributed by atoms with Crippen LogP contribution < -0.4 is 0 Å². The summed E-state index contributed by atoms with van der Waals surface area (Å²) >= 11 is 20.4. The van der Waals surface area contributed by atoms with Crippen LogP contribution >= 0.6 is 46.6 Å². The normalized spacial score (nSPS) is 25.6. The zero-order chi connectivity index (χ0) is 16.4. The number of benzene rings is 1. The SMILES string of the molecule is O=C(C1C(Cl)=C(c2ccc(Cl)cc2)SC1Cl)N1CCCCCC1. The van der Waals surface area contributed by atoms with E-state index in [-0.39, 0.29) is 10.6 Å². The summed E-state index contributed by atoms with van der Waals surface area (Å²) in [4.78, 5) is 15.7. The maximum absolute atomic E-state index is 12.9. The van der Waals surface area contributed by atoms with Gasteiger partial charge in [-0.05, 0) is 30.5 Å². The van der Waals surface area contributed by atoms with Gasteiger partial charge in [0.25, 0.3) is 0 Å². The molecule has 1 aromatic rings. The molecule has 0 aliphatic carbocycles. The van der Waals surface area contributed by atoms with Crippen LogP contribution in [0, 0.1) is 5.92 Å². The highest BCUT2D eigenvalue weighted by Gasteiger charge is 2.41. The molecule has 124 valence electrons. The van der Waals surface area contributed by atoms with Gasteiger partial charge in [-0.25, -0.2) is 0 Å². The van der Waals surface area contributed by atoms with E-state index in [0.717, 1.165) is 36.4 Å². The highest BCUT2D eigenvalue weighted by atomic mass is 35.5. The highest BCUT2D eigenvalue weighted by Crippen LogP contribution is 2.51. The molecule has 23 heavy (non-hydrogen) atoms. The Bertz CT molecular complexity index is 609. The second-order valence-corrected chi connectivity index (χ2v) is 8.59. The van der Waals surface area contributed by atoms with Crippen molar-refractivity contribution in [3.05, 3.63) is 39.9 Å². The van der Waals surface area contributed by atoms with Crippen molar-refractivity contribution in [1.29, 1.82) is 0 Å². The highest BCUT2D eigenvalue weighted by molar-refractivity contribution is 8.10. The Morgan fingerprint density at radius 3 is 2.26 bits per heavy atom. The molecule has 0 spiro atoms. The average molecular weight is 391 g/mol. The predicted molar refractivity (Wildman–Crippen MR) is 100.0 cm³/mol. The first-order valence-corrected chi connectivity index (χ1v) is 9.90. The fraction of sp³-hybridized carbons (Fsp3) is 0.471. The summed E-state index contributed by atoms with van der Waals surface area (Å²) in [7, 11) is 0. The van der Waals surface area contributed by atoms with Crippen molar-refractivity contribution in [2.24, 2.45) is 5.92 Å². The number of thioether (sulfide) groups is 1. The summed E-state index contributed by atoms with van der Waals surface area (Å²) in [5, 5.41) is 1.24. The molecule has 2 heterocycles. The van der Waals surface area contributed by atoms with Gasteiger partial charge in [0.05, 0.1) is 0 Å². The van der Waals surface area contributed by atoms with Crippen LogP contribution in [0.4, 0.5) is 0 Å². The minimum absolute atomic E-state index is 0.0633. The largest absolute Gasteiger partial charge is 0.342 e. The molecule has 1 fully saturated rings. The fourth-order valence-corrected chi connectivity index (χ4v) is 5.36. The van der Waals surface area contributed by atoms with E-state index in [1.807, 2.05) is 29.2 Å². The number of amides is 1. The third kappa shape index (κ3) is 3.84. The molecule has 1 saturated heterocycles. The minimum Gasteiger partial charge on any atom is -0.342 e. The Morgan fingerprint density at radius 1 is 1.04 bits per heavy atom. The van der Waals surface area contributed by atoms with Crippen LogP contribution in [0.25, 0.3) is 4.91 Å². The van der Waals surface area contributed by atoms with E-state index in [2.05, 4.69) is 0 Å². The first kappa shape index (κ1) is 17.5. The van der Waals surface area contributed by atoms with Crippen LogP contribution in [0.1, 0.15) is 31.2 Å². The fourth-order valence-electron chi connectivity index (χ4n) is 3.01. The Balaban J connectivity index is 1.84. The van der Waals surface area contributed by atoms with Crippen molar-refractivity contribution in [2.45, 2.75) is 30.4 Å². The van der Waals surface area contributed by atoms with E-state index >= 15 is 0 Å². The molecule has 0 bridgehead atoms. The second kappa shape index (κ2) is 7.69. The molecule has 0 saturated carbocycles. The number of carbonyl (C=O) groups is 1. The quantitative estimate of drug-likeness (QED) is 0.614. The molecule has 0 N–H and O–H groups in total. The maximum atomic E-state index is 12.9. The molecule has 2 atom stereocenters. The summed E-state index contributed by atoms with van der Waals surface area (Å²) < 4.78 is -0.357. The number of carbonyl (C=O) groups excluding carboxylic acids is 1. The van der Waals surface area contributed by atoms with Crippen LogP contribution in [-0.4, -0.2) is 28.6 Å². The topological polar surface area (TPSA) is 20.3 Å². The van der Waals surface area contributed by atoms with Gasteiger partial charge in [-0.1, -0.05) is 48.2 Å². The standard InChI is InChI=1S/C17H18Cl3NOS/c18-12-7-5-11(6-8-12)15-14(19)13(16(20)23-15)17(22)21-9-3-1-2-4-10-21/h5-8,13,16H,1-4,9-10H2. The summed E-state index contributed by atoms with van der Waals surface area (Å²) in [6, 6.07) is 7.47. The number of rotatable bonds is 2. The molecule has 6 heteroatoms. The van der Waals surface area contributed by atoms with Crippen LogP contribution in [0.5, 0.6) is 0 Å². The van der Waals surface area contributed by atoms with E-state index in [4.69, 9.17) is 34.8 Å². The molecular weight excluding hydrogens is 373 g/mol. The van der Waals surface area contributed by atoms with Crippen molar-refractivity contribution < 1.29 is 4.79 Å². The van der Waals surface area contributed by atoms with E-state index in [1.165, 1.54) is 24.6 Å². The first-order valence-electron chi connectivity index (χ1n) is 7.83. The summed E-state index contributed by atoms with van der Waals surface area (Å²) in [5.41, 5.74) is 0.959. The number of hydrogen-bond acceptors (Lipinski definition) is 2. The molecule has 2 nitrogen and oxygen atoms in total. The molecule has 2 aliphatic rings. The second-order valence-electron chi connectivity index (χ2n) is 5.87. The molecular formula is C17H18Cl3NOS. The number of alkyl halides is 1. The van der Waals surface area contributed by atoms with Gasteiger partial charge < -0.3 is 4.90 Å². The third-order valence-electron chi connectivity index (χ3n) is 4.27. The van der Waals surface area contributed by atoms with Gasteiger partial charge in [0.15, 0.2) is 0 Å². The van der Waals surface area contributed by atoms with Crippen molar-refractivity contribution in [1.82, 2.24) is 4.90 Å². The first-order chi connectivity index (χ1) is 11.1. The summed E-state index contributed by atoms with van der Waals surface area (Å²) in [6.45, 7) is 1.62. The van der Waals surface area contributed by atoms with Gasteiger partial charge in [0.2, 0.25) is 5.91 Å². The maximum Gasteiger partial charge on any atom is 0.233 e. The lowest BCUT2D eigenvalue weighted by atomic mass is 10.1. The lowest BCUT2D eigenvalue weighted by Gasteiger charge is -2.25. The van der Waals surface area contributed by atoms with Gasteiger partial charge in [-0.15, -0.1) is 23.4 Å². The van der Waals surface area contributed by atoms with Crippen LogP contribution in [0.3, 0.4) is 0 Å². The van der Waals surface area contributed by atoms with E-state index in [0.29, 0.717) is 10.1 Å². The summed E-state index contributed by atoms with van der Waals surface area (Å²) in [6.07, 6.45) is 4.49. The van der Waals surface area contributed by atoms with Crippen molar-refractivity contribution in [3.8, 4) is 0 Å². The van der Waals surface area contributed by atoms with Gasteiger partial charge in [-0.2, -0.15) is 0 Å². The predicted octanol–water partition coefficient (Wildman–Crippen LogP) is 5.58. The van der Waals surface area contributed by atoms with E-state index in [1.54, 1.807) is 0 Å². The Hall–Kier alpha value is -0.350. The monoisotopic (exact) mass is 389 g/mol. The molecule has 3 rings (SSSR count). The van der Waals surface area contributed by atoms with Gasteiger partial charge in [0, 0.05) is 28.0 Å². The average Bonchev–Trinajstić information content (AvgIpc) is 2.73. The van der Waals surface area contributed by atoms with E-state index in [9.17, 15) is 4.79 Å². The van der Waals surface area contributed by atoms with Crippen LogP contribution in [0.15, 0.2) is 29.3 Å². The van der Waals surface area contributed by atoms with Crippen LogP contribution in [0.2, 0.25) is 5.02 Å². The van der Waals surface area contributed by atoms with Gasteiger partial charge in [-0.3, -0.25) is 4.79 Å². The number of nitrogens with zero attached hydrogens (tertiary/aromatic N) is 1. The van der Waals surface area contributed by atoms with Gasteiger partial charge >= 0.3 is 0 Å². The number of halogens is 3. The van der Waals surface area contributed by atoms with E-state index < -0.39 is 5.92 Å².